The molecule has 0 spiro atoms. The summed E-state index contributed by atoms with van der Waals surface area (Å²) < 4.78 is 5.67. The number of ether oxygens (including phenoxy) is 1. The van der Waals surface area contributed by atoms with Crippen molar-refractivity contribution in [2.45, 2.75) is 32.6 Å². The molecule has 0 unspecified atom stereocenters. The summed E-state index contributed by atoms with van der Waals surface area (Å²) in [5.41, 5.74) is 2.12. The van der Waals surface area contributed by atoms with Crippen LogP contribution < -0.4 is 10.1 Å². The van der Waals surface area contributed by atoms with E-state index < -0.39 is 0 Å². The van der Waals surface area contributed by atoms with Crippen LogP contribution in [-0.4, -0.2) is 36.4 Å². The van der Waals surface area contributed by atoms with E-state index in [4.69, 9.17) is 4.74 Å². The van der Waals surface area contributed by atoms with Crippen LogP contribution in [-0.2, 0) is 11.2 Å². The van der Waals surface area contributed by atoms with Crippen molar-refractivity contribution in [3.05, 3.63) is 59.7 Å². The topological polar surface area (TPSA) is 58.6 Å². The van der Waals surface area contributed by atoms with E-state index in [2.05, 4.69) is 5.32 Å². The number of nitrogens with zero attached hydrogens (tertiary/aromatic N) is 1. The number of nitrogens with one attached hydrogen (secondary N) is 1. The van der Waals surface area contributed by atoms with Crippen molar-refractivity contribution in [3.63, 3.8) is 0 Å². The first-order chi connectivity index (χ1) is 13.2. The maximum absolute atomic E-state index is 12.8. The van der Waals surface area contributed by atoms with Gasteiger partial charge in [0.15, 0.2) is 6.61 Å². The smallest absolute Gasteiger partial charge is 0.262 e. The maximum Gasteiger partial charge on any atom is 0.262 e. The summed E-state index contributed by atoms with van der Waals surface area (Å²) in [6.07, 6.45) is 4.07. The van der Waals surface area contributed by atoms with Gasteiger partial charge in [0, 0.05) is 13.1 Å². The number of carbonyl (C=O) groups excluding carboxylic acids is 2. The first-order valence-electron chi connectivity index (χ1n) is 9.58. The Morgan fingerprint density at radius 3 is 2.48 bits per heavy atom. The molecule has 5 heteroatoms. The third-order valence-electron chi connectivity index (χ3n) is 4.79. The van der Waals surface area contributed by atoms with Gasteiger partial charge < -0.3 is 15.0 Å². The monoisotopic (exact) mass is 366 g/mol. The second-order valence-electron chi connectivity index (χ2n) is 6.70. The Labute approximate surface area is 160 Å². The van der Waals surface area contributed by atoms with E-state index in [9.17, 15) is 9.59 Å². The van der Waals surface area contributed by atoms with Crippen LogP contribution in [0.25, 0.3) is 0 Å². The first-order valence-corrected chi connectivity index (χ1v) is 9.58. The molecular weight excluding hydrogens is 340 g/mol. The molecule has 0 radical (unpaired) electrons. The van der Waals surface area contributed by atoms with Crippen LogP contribution in [0.4, 0.5) is 5.69 Å². The van der Waals surface area contributed by atoms with Crippen LogP contribution in [0.2, 0.25) is 0 Å². The molecule has 2 aromatic carbocycles. The highest BCUT2D eigenvalue weighted by atomic mass is 16.5. The number of hydrogen-bond acceptors (Lipinski definition) is 3. The van der Waals surface area contributed by atoms with Gasteiger partial charge >= 0.3 is 0 Å². The number of anilines is 1. The number of rotatable bonds is 6. The van der Waals surface area contributed by atoms with Gasteiger partial charge in [-0.05, 0) is 49.4 Å². The number of likely N-dealkylation sites (tertiary alicyclic amines) is 1. The zero-order chi connectivity index (χ0) is 19.1. The molecule has 0 aromatic heterocycles. The van der Waals surface area contributed by atoms with Crippen LogP contribution >= 0.6 is 0 Å². The molecule has 1 aliphatic rings. The van der Waals surface area contributed by atoms with Gasteiger partial charge in [-0.25, -0.2) is 0 Å². The number of piperidine rings is 1. The number of aryl methyl sites for hydroxylation is 1. The Hall–Kier alpha value is -2.82. The highest BCUT2D eigenvalue weighted by Gasteiger charge is 2.21. The zero-order valence-electron chi connectivity index (χ0n) is 15.7. The Balaban J connectivity index is 1.65. The summed E-state index contributed by atoms with van der Waals surface area (Å²) in [5, 5.41) is 2.83. The van der Waals surface area contributed by atoms with Crippen molar-refractivity contribution in [2.24, 2.45) is 0 Å². The number of amides is 2. The van der Waals surface area contributed by atoms with E-state index >= 15 is 0 Å². The fourth-order valence-corrected chi connectivity index (χ4v) is 3.31. The molecule has 5 nitrogen and oxygen atoms in total. The Morgan fingerprint density at radius 2 is 1.70 bits per heavy atom. The van der Waals surface area contributed by atoms with Gasteiger partial charge in [0.25, 0.3) is 11.8 Å². The zero-order valence-corrected chi connectivity index (χ0v) is 15.7. The first kappa shape index (κ1) is 19.0. The second-order valence-corrected chi connectivity index (χ2v) is 6.70. The molecule has 3 rings (SSSR count). The predicted octanol–water partition coefficient (Wildman–Crippen LogP) is 3.89. The molecule has 0 atom stereocenters. The summed E-state index contributed by atoms with van der Waals surface area (Å²) >= 11 is 0. The van der Waals surface area contributed by atoms with Crippen molar-refractivity contribution in [3.8, 4) is 5.75 Å². The minimum atomic E-state index is -0.278. The molecular formula is C22H26N2O3. The van der Waals surface area contributed by atoms with E-state index in [0.29, 0.717) is 17.0 Å². The fourth-order valence-electron chi connectivity index (χ4n) is 3.31. The standard InChI is InChI=1S/C22H26N2O3/c1-2-17-10-4-7-13-20(17)27-16-21(25)23-19-12-6-5-11-18(19)22(26)24-14-8-3-9-15-24/h4-7,10-13H,2-3,8-9,14-16H2,1H3,(H,23,25). The lowest BCUT2D eigenvalue weighted by atomic mass is 10.1. The molecule has 0 aliphatic carbocycles. The van der Waals surface area contributed by atoms with Crippen molar-refractivity contribution in [2.75, 3.05) is 25.0 Å². The molecule has 1 saturated heterocycles. The Morgan fingerprint density at radius 1 is 1.00 bits per heavy atom. The van der Waals surface area contributed by atoms with Crippen molar-refractivity contribution < 1.29 is 14.3 Å². The van der Waals surface area contributed by atoms with Gasteiger partial charge in [0.05, 0.1) is 11.3 Å². The lowest BCUT2D eigenvalue weighted by Gasteiger charge is -2.27. The fraction of sp³-hybridized carbons (Fsp3) is 0.364. The molecule has 2 amide bonds. The lowest BCUT2D eigenvalue weighted by Crippen LogP contribution is -2.36. The molecule has 1 heterocycles. The largest absolute Gasteiger partial charge is 0.483 e. The summed E-state index contributed by atoms with van der Waals surface area (Å²) in [4.78, 5) is 27.0. The van der Waals surface area contributed by atoms with Crippen molar-refractivity contribution >= 4 is 17.5 Å². The maximum atomic E-state index is 12.8. The van der Waals surface area contributed by atoms with E-state index in [1.54, 1.807) is 12.1 Å². The number of carbonyl (C=O) groups is 2. The average Bonchev–Trinajstić information content (AvgIpc) is 2.73. The molecule has 1 fully saturated rings. The number of hydrogen-bond donors (Lipinski definition) is 1. The van der Waals surface area contributed by atoms with Gasteiger partial charge in [-0.2, -0.15) is 0 Å². The number of para-hydroxylation sites is 2. The van der Waals surface area contributed by atoms with Gasteiger partial charge in [-0.1, -0.05) is 37.3 Å². The van der Waals surface area contributed by atoms with E-state index in [0.717, 1.165) is 37.9 Å². The average molecular weight is 366 g/mol. The summed E-state index contributed by atoms with van der Waals surface area (Å²) in [7, 11) is 0. The summed E-state index contributed by atoms with van der Waals surface area (Å²) in [5.74, 6) is 0.412. The summed E-state index contributed by atoms with van der Waals surface area (Å²) in [6, 6.07) is 14.8. The highest BCUT2D eigenvalue weighted by molar-refractivity contribution is 6.04. The van der Waals surface area contributed by atoms with Crippen LogP contribution in [0.3, 0.4) is 0 Å². The van der Waals surface area contributed by atoms with E-state index in [1.165, 1.54) is 6.42 Å². The molecule has 0 bridgehead atoms. The van der Waals surface area contributed by atoms with Gasteiger partial charge in [-0.15, -0.1) is 0 Å². The third kappa shape index (κ3) is 4.88. The van der Waals surface area contributed by atoms with Gasteiger partial charge in [0.2, 0.25) is 0 Å². The lowest BCUT2D eigenvalue weighted by molar-refractivity contribution is -0.118. The molecule has 27 heavy (non-hydrogen) atoms. The van der Waals surface area contributed by atoms with Crippen LogP contribution in [0.1, 0.15) is 42.1 Å². The SMILES string of the molecule is CCc1ccccc1OCC(=O)Nc1ccccc1C(=O)N1CCCCC1. The highest BCUT2D eigenvalue weighted by Crippen LogP contribution is 2.21. The molecule has 1 aliphatic heterocycles. The van der Waals surface area contributed by atoms with Crippen LogP contribution in [0, 0.1) is 0 Å². The molecule has 2 aromatic rings. The minimum Gasteiger partial charge on any atom is -0.483 e. The van der Waals surface area contributed by atoms with Crippen molar-refractivity contribution in [1.29, 1.82) is 0 Å². The van der Waals surface area contributed by atoms with Crippen molar-refractivity contribution in [1.82, 2.24) is 4.90 Å². The predicted molar refractivity (Wildman–Crippen MR) is 106 cm³/mol. The molecule has 142 valence electrons. The van der Waals surface area contributed by atoms with Gasteiger partial charge in [0.1, 0.15) is 5.75 Å². The third-order valence-corrected chi connectivity index (χ3v) is 4.79. The van der Waals surface area contributed by atoms with Crippen LogP contribution in [0.15, 0.2) is 48.5 Å². The van der Waals surface area contributed by atoms with Crippen LogP contribution in [0.5, 0.6) is 5.75 Å². The molecule has 1 N–H and O–H groups in total. The second kappa shape index (κ2) is 9.21. The minimum absolute atomic E-state index is 0.0251. The summed E-state index contributed by atoms with van der Waals surface area (Å²) in [6.45, 7) is 3.50. The van der Waals surface area contributed by atoms with Gasteiger partial charge in [-0.3, -0.25) is 9.59 Å². The number of benzene rings is 2. The normalized spacial score (nSPS) is 13.9. The molecule has 0 saturated carbocycles. The van der Waals surface area contributed by atoms with E-state index in [1.807, 2.05) is 48.2 Å². The quantitative estimate of drug-likeness (QED) is 0.844. The Kier molecular flexibility index (Phi) is 6.47. The van der Waals surface area contributed by atoms with E-state index in [-0.39, 0.29) is 18.4 Å². The Bertz CT molecular complexity index is 798.